The van der Waals surface area contributed by atoms with Crippen LogP contribution < -0.4 is 15.4 Å². The smallest absolute Gasteiger partial charge is 0.259 e. The highest BCUT2D eigenvalue weighted by atomic mass is 16.5. The Bertz CT molecular complexity index is 1540. The number of hydrogen-bond acceptors (Lipinski definition) is 5. The molecule has 0 unspecified atom stereocenters. The van der Waals surface area contributed by atoms with Gasteiger partial charge in [0.2, 0.25) is 5.95 Å². The molecule has 5 rings (SSSR count). The molecule has 178 valence electrons. The predicted molar refractivity (Wildman–Crippen MR) is 145 cm³/mol. The van der Waals surface area contributed by atoms with Crippen molar-refractivity contribution in [1.82, 2.24) is 9.97 Å². The standard InChI is InChI=1S/C30H26N4O2/c1-19-10-9-11-20(2)27(19)33-29(35)24-17-16-22(18-26(24)36-3)31-30-32-25-15-8-7-14-23(25)28(34-30)21-12-5-4-6-13-21/h4-18H,1-3H3,(H,33,35)(H,31,32,34). The molecule has 36 heavy (non-hydrogen) atoms. The summed E-state index contributed by atoms with van der Waals surface area (Å²) in [5.74, 6) is 0.680. The maximum absolute atomic E-state index is 13.1. The molecule has 6 heteroatoms. The van der Waals surface area contributed by atoms with Gasteiger partial charge in [-0.2, -0.15) is 0 Å². The van der Waals surface area contributed by atoms with Gasteiger partial charge in [0, 0.05) is 28.4 Å². The maximum atomic E-state index is 13.1. The summed E-state index contributed by atoms with van der Waals surface area (Å²) in [7, 11) is 1.55. The minimum absolute atomic E-state index is 0.232. The van der Waals surface area contributed by atoms with E-state index in [-0.39, 0.29) is 5.91 Å². The number of methoxy groups -OCH3 is 1. The summed E-state index contributed by atoms with van der Waals surface area (Å²) < 4.78 is 5.56. The predicted octanol–water partition coefficient (Wildman–Crippen LogP) is 6.92. The molecule has 0 atom stereocenters. The van der Waals surface area contributed by atoms with Gasteiger partial charge in [0.25, 0.3) is 5.91 Å². The number of carbonyl (C=O) groups is 1. The van der Waals surface area contributed by atoms with E-state index in [1.54, 1.807) is 19.2 Å². The Kier molecular flexibility index (Phi) is 6.33. The molecule has 0 spiro atoms. The largest absolute Gasteiger partial charge is 0.496 e. The average Bonchev–Trinajstić information content (AvgIpc) is 2.90. The average molecular weight is 475 g/mol. The van der Waals surface area contributed by atoms with Crippen molar-refractivity contribution in [3.63, 3.8) is 0 Å². The molecule has 5 aromatic rings. The van der Waals surface area contributed by atoms with Crippen molar-refractivity contribution in [2.24, 2.45) is 0 Å². The van der Waals surface area contributed by atoms with Crippen LogP contribution >= 0.6 is 0 Å². The van der Waals surface area contributed by atoms with Crippen molar-refractivity contribution in [2.75, 3.05) is 17.7 Å². The van der Waals surface area contributed by atoms with Crippen LogP contribution in [0.25, 0.3) is 22.2 Å². The molecule has 2 N–H and O–H groups in total. The first-order valence-electron chi connectivity index (χ1n) is 11.7. The maximum Gasteiger partial charge on any atom is 0.259 e. The van der Waals surface area contributed by atoms with E-state index in [4.69, 9.17) is 14.7 Å². The minimum Gasteiger partial charge on any atom is -0.496 e. The van der Waals surface area contributed by atoms with E-state index in [0.29, 0.717) is 22.9 Å². The number of nitrogens with zero attached hydrogens (tertiary/aromatic N) is 2. The summed E-state index contributed by atoms with van der Waals surface area (Å²) in [6, 6.07) is 29.2. The molecule has 4 aromatic carbocycles. The van der Waals surface area contributed by atoms with Gasteiger partial charge in [-0.05, 0) is 43.2 Å². The molecule has 0 aliphatic rings. The van der Waals surface area contributed by atoms with Gasteiger partial charge in [-0.25, -0.2) is 9.97 Å². The summed E-state index contributed by atoms with van der Waals surface area (Å²) in [5, 5.41) is 7.28. The number of carbonyl (C=O) groups excluding carboxylic acids is 1. The number of benzene rings is 4. The third-order valence-electron chi connectivity index (χ3n) is 6.07. The molecule has 0 fully saturated rings. The molecule has 0 aliphatic heterocycles. The zero-order valence-electron chi connectivity index (χ0n) is 20.4. The van der Waals surface area contributed by atoms with Crippen LogP contribution in [0.1, 0.15) is 21.5 Å². The molecular formula is C30H26N4O2. The van der Waals surface area contributed by atoms with Gasteiger partial charge in [0.15, 0.2) is 0 Å². The molecular weight excluding hydrogens is 448 g/mol. The van der Waals surface area contributed by atoms with Gasteiger partial charge in [0.1, 0.15) is 5.75 Å². The molecule has 0 bridgehead atoms. The van der Waals surface area contributed by atoms with Gasteiger partial charge in [-0.3, -0.25) is 4.79 Å². The Morgan fingerprint density at radius 1 is 0.806 bits per heavy atom. The third-order valence-corrected chi connectivity index (χ3v) is 6.07. The summed E-state index contributed by atoms with van der Waals surface area (Å²) >= 11 is 0. The van der Waals surface area contributed by atoms with E-state index < -0.39 is 0 Å². The first kappa shape index (κ1) is 23.1. The van der Waals surface area contributed by atoms with Gasteiger partial charge in [0.05, 0.1) is 23.9 Å². The van der Waals surface area contributed by atoms with Crippen LogP contribution in [0, 0.1) is 13.8 Å². The van der Waals surface area contributed by atoms with Gasteiger partial charge in [-0.1, -0.05) is 66.7 Å². The number of ether oxygens (including phenoxy) is 1. The number of fused-ring (bicyclic) bond motifs is 1. The van der Waals surface area contributed by atoms with Crippen molar-refractivity contribution < 1.29 is 9.53 Å². The Morgan fingerprint density at radius 3 is 2.28 bits per heavy atom. The number of amides is 1. The topological polar surface area (TPSA) is 76.1 Å². The minimum atomic E-state index is -0.232. The lowest BCUT2D eigenvalue weighted by molar-refractivity contribution is 0.102. The van der Waals surface area contributed by atoms with Crippen molar-refractivity contribution in [3.8, 4) is 17.0 Å². The molecule has 0 aliphatic carbocycles. The Hall–Kier alpha value is -4.71. The fourth-order valence-corrected chi connectivity index (χ4v) is 4.23. The highest BCUT2D eigenvalue weighted by Gasteiger charge is 2.16. The number of nitrogens with one attached hydrogen (secondary N) is 2. The summed E-state index contributed by atoms with van der Waals surface area (Å²) in [5.41, 5.74) is 6.66. The fraction of sp³-hybridized carbons (Fsp3) is 0.100. The van der Waals surface area contributed by atoms with Gasteiger partial charge >= 0.3 is 0 Å². The fourth-order valence-electron chi connectivity index (χ4n) is 4.23. The summed E-state index contributed by atoms with van der Waals surface area (Å²) in [4.78, 5) is 22.6. The highest BCUT2D eigenvalue weighted by Crippen LogP contribution is 2.30. The van der Waals surface area contributed by atoms with E-state index in [1.807, 2.05) is 92.7 Å². The Labute approximate surface area is 210 Å². The Morgan fingerprint density at radius 2 is 1.53 bits per heavy atom. The van der Waals surface area contributed by atoms with Crippen molar-refractivity contribution in [3.05, 3.63) is 108 Å². The molecule has 6 nitrogen and oxygen atoms in total. The summed E-state index contributed by atoms with van der Waals surface area (Å²) in [6.45, 7) is 3.94. The van der Waals surface area contributed by atoms with Crippen LogP contribution in [0.2, 0.25) is 0 Å². The number of rotatable bonds is 6. The highest BCUT2D eigenvalue weighted by molar-refractivity contribution is 6.07. The molecule has 1 heterocycles. The molecule has 1 aromatic heterocycles. The van der Waals surface area contributed by atoms with Crippen LogP contribution in [-0.2, 0) is 0 Å². The van der Waals surface area contributed by atoms with E-state index in [2.05, 4.69) is 10.6 Å². The molecule has 1 amide bonds. The number of hydrogen-bond donors (Lipinski definition) is 2. The molecule has 0 saturated carbocycles. The molecule has 0 radical (unpaired) electrons. The lowest BCUT2D eigenvalue weighted by Gasteiger charge is -2.15. The van der Waals surface area contributed by atoms with E-state index in [0.717, 1.165) is 39.0 Å². The summed E-state index contributed by atoms with van der Waals surface area (Å²) in [6.07, 6.45) is 0. The van der Waals surface area contributed by atoms with Crippen molar-refractivity contribution >= 4 is 34.1 Å². The van der Waals surface area contributed by atoms with Crippen LogP contribution in [0.3, 0.4) is 0 Å². The molecule has 0 saturated heterocycles. The monoisotopic (exact) mass is 474 g/mol. The number of aromatic nitrogens is 2. The second-order valence-electron chi connectivity index (χ2n) is 8.54. The van der Waals surface area contributed by atoms with Crippen molar-refractivity contribution in [2.45, 2.75) is 13.8 Å². The number of para-hydroxylation sites is 2. The van der Waals surface area contributed by atoms with Crippen LogP contribution in [-0.4, -0.2) is 23.0 Å². The van der Waals surface area contributed by atoms with E-state index >= 15 is 0 Å². The SMILES string of the molecule is COc1cc(Nc2nc(-c3ccccc3)c3ccccc3n2)ccc1C(=O)Nc1c(C)cccc1C. The lowest BCUT2D eigenvalue weighted by Crippen LogP contribution is -2.15. The normalized spacial score (nSPS) is 10.8. The second kappa shape index (κ2) is 9.88. The zero-order chi connectivity index (χ0) is 25.1. The second-order valence-corrected chi connectivity index (χ2v) is 8.54. The van der Waals surface area contributed by atoms with E-state index in [9.17, 15) is 4.79 Å². The van der Waals surface area contributed by atoms with E-state index in [1.165, 1.54) is 0 Å². The zero-order valence-corrected chi connectivity index (χ0v) is 20.4. The van der Waals surface area contributed by atoms with Crippen LogP contribution in [0.4, 0.5) is 17.3 Å². The van der Waals surface area contributed by atoms with Crippen LogP contribution in [0.5, 0.6) is 5.75 Å². The lowest BCUT2D eigenvalue weighted by atomic mass is 10.1. The first-order valence-corrected chi connectivity index (χ1v) is 11.7. The first-order chi connectivity index (χ1) is 17.5. The number of aryl methyl sites for hydroxylation is 2. The van der Waals surface area contributed by atoms with Gasteiger partial charge in [-0.15, -0.1) is 0 Å². The quantitative estimate of drug-likeness (QED) is 0.279. The van der Waals surface area contributed by atoms with Crippen molar-refractivity contribution in [1.29, 1.82) is 0 Å². The van der Waals surface area contributed by atoms with Gasteiger partial charge < -0.3 is 15.4 Å². The van der Waals surface area contributed by atoms with Crippen LogP contribution in [0.15, 0.2) is 91.0 Å². The Balaban J connectivity index is 1.46. The number of anilines is 3. The third kappa shape index (κ3) is 4.61.